The molecule has 0 aliphatic rings. The van der Waals surface area contributed by atoms with E-state index < -0.39 is 11.8 Å². The highest BCUT2D eigenvalue weighted by Crippen LogP contribution is 2.28. The van der Waals surface area contributed by atoms with Crippen LogP contribution in [0.2, 0.25) is 0 Å². The Bertz CT molecular complexity index is 631. The molecule has 2 aromatic rings. The van der Waals surface area contributed by atoms with Gasteiger partial charge in [-0.3, -0.25) is 0 Å². The van der Waals surface area contributed by atoms with Crippen LogP contribution in [-0.4, -0.2) is 23.1 Å². The number of hydrogen-bond donors (Lipinski definition) is 2. The summed E-state index contributed by atoms with van der Waals surface area (Å²) in [7, 11) is 1.55. The molecule has 0 atom stereocenters. The van der Waals surface area contributed by atoms with Gasteiger partial charge >= 0.3 is 5.97 Å². The van der Waals surface area contributed by atoms with Crippen molar-refractivity contribution in [3.8, 4) is 0 Å². The molecule has 1 aromatic heterocycles. The predicted molar refractivity (Wildman–Crippen MR) is 70.1 cm³/mol. The highest BCUT2D eigenvalue weighted by Gasteiger charge is 2.18. The Hall–Kier alpha value is -2.63. The van der Waals surface area contributed by atoms with Crippen LogP contribution in [0.15, 0.2) is 36.5 Å². The number of carboxylic acid groups (broad SMARTS) is 1. The summed E-state index contributed by atoms with van der Waals surface area (Å²) in [6.07, 6.45) is 1.33. The van der Waals surface area contributed by atoms with Gasteiger partial charge in [-0.15, -0.1) is 0 Å². The van der Waals surface area contributed by atoms with Gasteiger partial charge in [0.1, 0.15) is 17.2 Å². The topological polar surface area (TPSA) is 79.5 Å². The number of aromatic carboxylic acids is 1. The van der Waals surface area contributed by atoms with Crippen LogP contribution >= 0.6 is 0 Å². The highest BCUT2D eigenvalue weighted by atomic mass is 19.1. The summed E-state index contributed by atoms with van der Waals surface area (Å²) in [6.45, 7) is 0. The van der Waals surface area contributed by atoms with Crippen LogP contribution in [0, 0.1) is 5.82 Å². The number of hydrogen-bond acceptors (Lipinski definition) is 4. The number of carboxylic acids is 1. The van der Waals surface area contributed by atoms with Crippen molar-refractivity contribution in [2.24, 2.45) is 0 Å². The van der Waals surface area contributed by atoms with Gasteiger partial charge in [0, 0.05) is 7.05 Å². The van der Waals surface area contributed by atoms with Crippen LogP contribution < -0.4 is 10.6 Å². The highest BCUT2D eigenvalue weighted by molar-refractivity contribution is 5.95. The van der Waals surface area contributed by atoms with Gasteiger partial charge < -0.3 is 15.7 Å². The van der Waals surface area contributed by atoms with E-state index in [1.165, 1.54) is 23.2 Å². The lowest BCUT2D eigenvalue weighted by Gasteiger charge is -2.20. The van der Waals surface area contributed by atoms with E-state index in [1.54, 1.807) is 25.2 Å². The van der Waals surface area contributed by atoms with E-state index in [9.17, 15) is 9.18 Å². The first-order valence-electron chi connectivity index (χ1n) is 5.47. The molecule has 0 unspecified atom stereocenters. The predicted octanol–water partition coefficient (Wildman–Crippen LogP) is 2.27. The standard InChI is InChI=1S/C13H12FN3O2/c1-17(11-5-3-2-4-10(11)14)12-9(13(18)19)6-8(15)7-16-12/h2-7H,15H2,1H3,(H,18,19). The molecule has 0 aliphatic carbocycles. The molecular formula is C13H12FN3O2. The minimum atomic E-state index is -1.17. The van der Waals surface area contributed by atoms with Gasteiger partial charge in [-0.25, -0.2) is 14.2 Å². The fourth-order valence-corrected chi connectivity index (χ4v) is 1.74. The van der Waals surface area contributed by atoms with Crippen molar-refractivity contribution in [3.63, 3.8) is 0 Å². The van der Waals surface area contributed by atoms with Gasteiger partial charge in [-0.1, -0.05) is 12.1 Å². The molecule has 0 fully saturated rings. The number of benzene rings is 1. The van der Waals surface area contributed by atoms with Crippen LogP contribution in [0.4, 0.5) is 21.6 Å². The molecule has 5 nitrogen and oxygen atoms in total. The summed E-state index contributed by atoms with van der Waals surface area (Å²) in [5.41, 5.74) is 5.91. The van der Waals surface area contributed by atoms with E-state index in [0.29, 0.717) is 0 Å². The summed E-state index contributed by atoms with van der Waals surface area (Å²) in [5.74, 6) is -1.50. The van der Waals surface area contributed by atoms with Gasteiger partial charge in [0.15, 0.2) is 0 Å². The summed E-state index contributed by atoms with van der Waals surface area (Å²) in [6, 6.07) is 7.35. The van der Waals surface area contributed by atoms with E-state index in [2.05, 4.69) is 4.98 Å². The first-order valence-corrected chi connectivity index (χ1v) is 5.47. The van der Waals surface area contributed by atoms with Crippen LogP contribution in [-0.2, 0) is 0 Å². The van der Waals surface area contributed by atoms with Crippen molar-refractivity contribution in [3.05, 3.63) is 47.9 Å². The minimum absolute atomic E-state index is 0.0780. The molecule has 0 radical (unpaired) electrons. The fraction of sp³-hybridized carbons (Fsp3) is 0.0769. The molecule has 0 spiro atoms. The third-order valence-electron chi connectivity index (χ3n) is 2.65. The van der Waals surface area contributed by atoms with Crippen molar-refractivity contribution in [2.45, 2.75) is 0 Å². The van der Waals surface area contributed by atoms with Crippen molar-refractivity contribution < 1.29 is 14.3 Å². The second-order valence-corrected chi connectivity index (χ2v) is 3.96. The Morgan fingerprint density at radius 2 is 2.11 bits per heavy atom. The lowest BCUT2D eigenvalue weighted by Crippen LogP contribution is -2.17. The minimum Gasteiger partial charge on any atom is -0.478 e. The van der Waals surface area contributed by atoms with E-state index in [-0.39, 0.29) is 22.8 Å². The van der Waals surface area contributed by atoms with Gasteiger partial charge in [-0.2, -0.15) is 0 Å². The van der Waals surface area contributed by atoms with E-state index in [0.717, 1.165) is 0 Å². The molecule has 98 valence electrons. The molecule has 1 heterocycles. The lowest BCUT2D eigenvalue weighted by atomic mass is 10.2. The summed E-state index contributed by atoms with van der Waals surface area (Å²) in [4.78, 5) is 16.5. The molecule has 3 N–H and O–H groups in total. The molecular weight excluding hydrogens is 249 g/mol. The Morgan fingerprint density at radius 1 is 1.42 bits per heavy atom. The maximum atomic E-state index is 13.7. The van der Waals surface area contributed by atoms with Crippen molar-refractivity contribution in [1.82, 2.24) is 4.98 Å². The number of halogens is 1. The normalized spacial score (nSPS) is 10.2. The number of carbonyl (C=O) groups is 1. The summed E-state index contributed by atoms with van der Waals surface area (Å²) < 4.78 is 13.7. The number of pyridine rings is 1. The molecule has 0 saturated heterocycles. The summed E-state index contributed by atoms with van der Waals surface area (Å²) >= 11 is 0. The maximum absolute atomic E-state index is 13.7. The second kappa shape index (κ2) is 4.93. The van der Waals surface area contributed by atoms with Crippen LogP contribution in [0.3, 0.4) is 0 Å². The lowest BCUT2D eigenvalue weighted by molar-refractivity contribution is 0.0697. The number of nitrogens with two attached hydrogens (primary N) is 1. The Kier molecular flexibility index (Phi) is 3.33. The number of nitrogen functional groups attached to an aromatic ring is 1. The average Bonchev–Trinajstić information content (AvgIpc) is 2.38. The monoisotopic (exact) mass is 261 g/mol. The zero-order valence-corrected chi connectivity index (χ0v) is 10.2. The molecule has 19 heavy (non-hydrogen) atoms. The Balaban J connectivity index is 2.53. The number of aromatic nitrogens is 1. The third kappa shape index (κ3) is 2.47. The SMILES string of the molecule is CN(c1ccccc1F)c1ncc(N)cc1C(=O)O. The van der Waals surface area contributed by atoms with E-state index in [1.807, 2.05) is 0 Å². The Morgan fingerprint density at radius 3 is 2.74 bits per heavy atom. The molecule has 0 aliphatic heterocycles. The molecule has 1 aromatic carbocycles. The zero-order chi connectivity index (χ0) is 14.0. The Labute approximate surface area is 109 Å². The smallest absolute Gasteiger partial charge is 0.339 e. The van der Waals surface area contributed by atoms with E-state index in [4.69, 9.17) is 10.8 Å². The van der Waals surface area contributed by atoms with Crippen LogP contribution in [0.5, 0.6) is 0 Å². The number of para-hydroxylation sites is 1. The fourth-order valence-electron chi connectivity index (χ4n) is 1.74. The zero-order valence-electron chi connectivity index (χ0n) is 10.2. The molecule has 0 amide bonds. The molecule has 2 rings (SSSR count). The quantitative estimate of drug-likeness (QED) is 0.886. The largest absolute Gasteiger partial charge is 0.478 e. The molecule has 0 saturated carbocycles. The number of rotatable bonds is 3. The van der Waals surface area contributed by atoms with E-state index >= 15 is 0 Å². The molecule has 6 heteroatoms. The van der Waals surface area contributed by atoms with Crippen molar-refractivity contribution in [1.29, 1.82) is 0 Å². The van der Waals surface area contributed by atoms with Crippen LogP contribution in [0.25, 0.3) is 0 Å². The van der Waals surface area contributed by atoms with Crippen molar-refractivity contribution >= 4 is 23.2 Å². The van der Waals surface area contributed by atoms with Gasteiger partial charge in [0.05, 0.1) is 17.6 Å². The van der Waals surface area contributed by atoms with Gasteiger partial charge in [0.2, 0.25) is 0 Å². The van der Waals surface area contributed by atoms with Crippen LogP contribution in [0.1, 0.15) is 10.4 Å². The molecule has 0 bridgehead atoms. The van der Waals surface area contributed by atoms with Crippen molar-refractivity contribution in [2.75, 3.05) is 17.7 Å². The number of anilines is 3. The first-order chi connectivity index (χ1) is 9.00. The second-order valence-electron chi connectivity index (χ2n) is 3.96. The van der Waals surface area contributed by atoms with Gasteiger partial charge in [0.25, 0.3) is 0 Å². The van der Waals surface area contributed by atoms with Gasteiger partial charge in [-0.05, 0) is 18.2 Å². The average molecular weight is 261 g/mol. The summed E-state index contributed by atoms with van der Waals surface area (Å²) in [5, 5.41) is 9.14. The number of nitrogens with zero attached hydrogens (tertiary/aromatic N) is 2. The first kappa shape index (κ1) is 12.8. The maximum Gasteiger partial charge on any atom is 0.339 e. The third-order valence-corrected chi connectivity index (χ3v) is 2.65.